The molecule has 0 saturated carbocycles. The van der Waals surface area contributed by atoms with E-state index in [-0.39, 0.29) is 24.6 Å². The molecule has 0 fully saturated rings. The molecule has 1 aromatic heterocycles. The van der Waals surface area contributed by atoms with E-state index in [1.807, 2.05) is 0 Å². The number of thiocarbonyl (C=S) groups is 1. The average Bonchev–Trinajstić information content (AvgIpc) is 3.20. The van der Waals surface area contributed by atoms with Crippen molar-refractivity contribution in [3.8, 4) is 0 Å². The topological polar surface area (TPSA) is 103 Å². The summed E-state index contributed by atoms with van der Waals surface area (Å²) in [7, 11) is 2.83. The first kappa shape index (κ1) is 21.3. The van der Waals surface area contributed by atoms with E-state index in [4.69, 9.17) is 26.4 Å². The highest BCUT2D eigenvalue weighted by Crippen LogP contribution is 2.39. The maximum absolute atomic E-state index is 12.1. The second kappa shape index (κ2) is 10.3. The van der Waals surface area contributed by atoms with Gasteiger partial charge in [-0.05, 0) is 37.0 Å². The molecule has 0 spiro atoms. The molecule has 0 aromatic carbocycles. The number of fused-ring (bicyclic) bond motifs is 1. The molecule has 10 heteroatoms. The molecule has 1 heterocycles. The SMILES string of the molecule is COCCOC(=O)CCC(=O)NC(=S)Nc1sc2c(c1C(=O)OC)CCC2. The Bertz CT molecular complexity index is 731. The molecule has 0 bridgehead atoms. The second-order valence-corrected chi connectivity index (χ2v) is 7.28. The predicted molar refractivity (Wildman–Crippen MR) is 104 cm³/mol. The first-order valence-electron chi connectivity index (χ1n) is 8.44. The average molecular weight is 415 g/mol. The van der Waals surface area contributed by atoms with E-state index < -0.39 is 17.8 Å². The summed E-state index contributed by atoms with van der Waals surface area (Å²) in [6, 6.07) is 0. The summed E-state index contributed by atoms with van der Waals surface area (Å²) in [5.41, 5.74) is 1.47. The van der Waals surface area contributed by atoms with Crippen molar-refractivity contribution in [2.24, 2.45) is 0 Å². The Kier molecular flexibility index (Phi) is 8.14. The highest BCUT2D eigenvalue weighted by atomic mass is 32.1. The van der Waals surface area contributed by atoms with E-state index in [0.29, 0.717) is 17.2 Å². The van der Waals surface area contributed by atoms with E-state index in [1.54, 1.807) is 0 Å². The number of methoxy groups -OCH3 is 2. The van der Waals surface area contributed by atoms with Gasteiger partial charge in [-0.1, -0.05) is 0 Å². The van der Waals surface area contributed by atoms with Crippen LogP contribution in [-0.4, -0.2) is 50.4 Å². The molecule has 2 rings (SSSR count). The van der Waals surface area contributed by atoms with E-state index in [9.17, 15) is 14.4 Å². The number of thiophene rings is 1. The molecule has 0 unspecified atom stereocenters. The molecular formula is C17H22N2O6S2. The molecule has 148 valence electrons. The number of carbonyl (C=O) groups is 3. The maximum Gasteiger partial charge on any atom is 0.341 e. The molecule has 1 aromatic rings. The van der Waals surface area contributed by atoms with Crippen LogP contribution in [0.4, 0.5) is 5.00 Å². The number of hydrogen-bond donors (Lipinski definition) is 2. The van der Waals surface area contributed by atoms with Gasteiger partial charge in [-0.3, -0.25) is 9.59 Å². The summed E-state index contributed by atoms with van der Waals surface area (Å²) in [6.07, 6.45) is 2.63. The van der Waals surface area contributed by atoms with Crippen molar-refractivity contribution in [1.82, 2.24) is 5.32 Å². The molecule has 0 atom stereocenters. The Labute approximate surface area is 166 Å². The summed E-state index contributed by atoms with van der Waals surface area (Å²) in [4.78, 5) is 36.6. The summed E-state index contributed by atoms with van der Waals surface area (Å²) >= 11 is 6.59. The number of ether oxygens (including phenoxy) is 3. The van der Waals surface area contributed by atoms with Crippen LogP contribution in [-0.2, 0) is 36.6 Å². The Hall–Kier alpha value is -2.04. The van der Waals surface area contributed by atoms with Gasteiger partial charge >= 0.3 is 11.9 Å². The molecule has 27 heavy (non-hydrogen) atoms. The van der Waals surface area contributed by atoms with Gasteiger partial charge in [0.2, 0.25) is 5.91 Å². The van der Waals surface area contributed by atoms with Crippen molar-refractivity contribution in [2.45, 2.75) is 32.1 Å². The van der Waals surface area contributed by atoms with E-state index in [2.05, 4.69) is 10.6 Å². The van der Waals surface area contributed by atoms with Crippen LogP contribution in [0.5, 0.6) is 0 Å². The van der Waals surface area contributed by atoms with Crippen LogP contribution in [0.15, 0.2) is 0 Å². The molecular weight excluding hydrogens is 392 g/mol. The fraction of sp³-hybridized carbons (Fsp3) is 0.529. The number of anilines is 1. The van der Waals surface area contributed by atoms with E-state index in [1.165, 1.54) is 25.6 Å². The van der Waals surface area contributed by atoms with E-state index in [0.717, 1.165) is 29.7 Å². The quantitative estimate of drug-likeness (QED) is 0.377. The van der Waals surface area contributed by atoms with Crippen LogP contribution in [0, 0.1) is 0 Å². The van der Waals surface area contributed by atoms with Crippen LogP contribution in [0.25, 0.3) is 0 Å². The second-order valence-electron chi connectivity index (χ2n) is 5.77. The van der Waals surface area contributed by atoms with Crippen molar-refractivity contribution < 1.29 is 28.6 Å². The molecule has 1 aliphatic rings. The van der Waals surface area contributed by atoms with Gasteiger partial charge in [0.05, 0.1) is 25.7 Å². The fourth-order valence-corrected chi connectivity index (χ4v) is 4.22. The summed E-state index contributed by atoms with van der Waals surface area (Å²) in [6.45, 7) is 0.454. The van der Waals surface area contributed by atoms with Gasteiger partial charge in [0, 0.05) is 18.4 Å². The number of aryl methyl sites for hydroxylation is 1. The van der Waals surface area contributed by atoms with Gasteiger partial charge < -0.3 is 24.8 Å². The van der Waals surface area contributed by atoms with Crippen LogP contribution in [0.1, 0.15) is 40.1 Å². The number of hydrogen-bond acceptors (Lipinski definition) is 8. The highest BCUT2D eigenvalue weighted by molar-refractivity contribution is 7.80. The summed E-state index contributed by atoms with van der Waals surface area (Å²) < 4.78 is 14.5. The molecule has 0 saturated heterocycles. The lowest BCUT2D eigenvalue weighted by molar-refractivity contribution is -0.146. The predicted octanol–water partition coefficient (Wildman–Crippen LogP) is 1.81. The minimum absolute atomic E-state index is 0.0567. The number of rotatable bonds is 8. The lowest BCUT2D eigenvalue weighted by Gasteiger charge is -2.10. The Balaban J connectivity index is 1.86. The summed E-state index contributed by atoms with van der Waals surface area (Å²) in [5.74, 6) is -1.33. The lowest BCUT2D eigenvalue weighted by atomic mass is 10.1. The van der Waals surface area contributed by atoms with Crippen LogP contribution < -0.4 is 10.6 Å². The number of nitrogens with one attached hydrogen (secondary N) is 2. The largest absolute Gasteiger partial charge is 0.465 e. The van der Waals surface area contributed by atoms with Crippen molar-refractivity contribution in [2.75, 3.05) is 32.8 Å². The highest BCUT2D eigenvalue weighted by Gasteiger charge is 2.27. The van der Waals surface area contributed by atoms with Gasteiger partial charge in [0.15, 0.2) is 5.11 Å². The standard InChI is InChI=1S/C17H22N2O6S2/c1-23-8-9-25-13(21)7-6-12(20)18-17(26)19-15-14(16(22)24-2)10-4-3-5-11(10)27-15/h3-9H2,1-2H3,(H2,18,19,20,26). The zero-order valence-corrected chi connectivity index (χ0v) is 16.8. The molecule has 0 radical (unpaired) electrons. The Morgan fingerprint density at radius 2 is 1.93 bits per heavy atom. The number of carbonyl (C=O) groups excluding carboxylic acids is 3. The van der Waals surface area contributed by atoms with Gasteiger partial charge in [-0.25, -0.2) is 4.79 Å². The molecule has 0 aliphatic heterocycles. The minimum atomic E-state index is -0.483. The first-order chi connectivity index (χ1) is 13.0. The minimum Gasteiger partial charge on any atom is -0.465 e. The van der Waals surface area contributed by atoms with Crippen molar-refractivity contribution in [3.63, 3.8) is 0 Å². The van der Waals surface area contributed by atoms with Gasteiger partial charge in [-0.2, -0.15) is 0 Å². The third-order valence-corrected chi connectivity index (χ3v) is 5.31. The molecule has 1 aliphatic carbocycles. The smallest absolute Gasteiger partial charge is 0.341 e. The van der Waals surface area contributed by atoms with Crippen molar-refractivity contribution >= 4 is 51.5 Å². The van der Waals surface area contributed by atoms with Crippen molar-refractivity contribution in [3.05, 3.63) is 16.0 Å². The van der Waals surface area contributed by atoms with Crippen LogP contribution in [0.3, 0.4) is 0 Å². The summed E-state index contributed by atoms with van der Waals surface area (Å²) in [5, 5.41) is 6.04. The lowest BCUT2D eigenvalue weighted by Crippen LogP contribution is -2.34. The zero-order valence-electron chi connectivity index (χ0n) is 15.2. The fourth-order valence-electron chi connectivity index (χ4n) is 2.66. The van der Waals surface area contributed by atoms with Crippen LogP contribution in [0.2, 0.25) is 0 Å². The molecule has 8 nitrogen and oxygen atoms in total. The maximum atomic E-state index is 12.1. The van der Waals surface area contributed by atoms with Gasteiger partial charge in [0.25, 0.3) is 0 Å². The molecule has 1 amide bonds. The number of esters is 2. The third-order valence-electron chi connectivity index (χ3n) is 3.90. The zero-order chi connectivity index (χ0) is 19.8. The first-order valence-corrected chi connectivity index (χ1v) is 9.67. The third kappa shape index (κ3) is 5.98. The monoisotopic (exact) mass is 414 g/mol. The normalized spacial score (nSPS) is 12.2. The van der Waals surface area contributed by atoms with Crippen LogP contribution >= 0.6 is 23.6 Å². The Morgan fingerprint density at radius 1 is 1.15 bits per heavy atom. The van der Waals surface area contributed by atoms with Gasteiger partial charge in [0.1, 0.15) is 11.6 Å². The number of amides is 1. The van der Waals surface area contributed by atoms with Crippen molar-refractivity contribution in [1.29, 1.82) is 0 Å². The van der Waals surface area contributed by atoms with Gasteiger partial charge in [-0.15, -0.1) is 11.3 Å². The molecule has 2 N–H and O–H groups in total. The van der Waals surface area contributed by atoms with E-state index >= 15 is 0 Å². The Morgan fingerprint density at radius 3 is 2.63 bits per heavy atom.